The highest BCUT2D eigenvalue weighted by molar-refractivity contribution is 6.44. The van der Waals surface area contributed by atoms with Crippen molar-refractivity contribution >= 4 is 23.7 Å². The molecule has 0 spiro atoms. The van der Waals surface area contributed by atoms with Gasteiger partial charge < -0.3 is 24.1 Å². The number of nitrogens with zero attached hydrogens (tertiary/aromatic N) is 4. The van der Waals surface area contributed by atoms with Crippen LogP contribution in [0.15, 0.2) is 17.4 Å². The van der Waals surface area contributed by atoms with Gasteiger partial charge in [0.15, 0.2) is 5.71 Å². The zero-order chi connectivity index (χ0) is 19.9. The molecule has 11 heteroatoms. The lowest BCUT2D eigenvalue weighted by Crippen LogP contribution is -2.48. The topological polar surface area (TPSA) is 126 Å². The maximum Gasteiger partial charge on any atom is 0.410 e. The SMILES string of the molecule is CCOC(=O)CO/N=C(/C(=O)N1CCC(N2CCOC2=O)CC1)c1ccn[nH]1. The number of hydrogen-bond acceptors (Lipinski definition) is 8. The van der Waals surface area contributed by atoms with E-state index >= 15 is 0 Å². The molecule has 1 N–H and O–H groups in total. The summed E-state index contributed by atoms with van der Waals surface area (Å²) in [7, 11) is 0. The molecule has 2 saturated heterocycles. The second-order valence-corrected chi connectivity index (χ2v) is 6.32. The van der Waals surface area contributed by atoms with E-state index in [-0.39, 0.29) is 30.4 Å². The molecule has 2 amide bonds. The molecule has 2 aliphatic heterocycles. The molecular formula is C17H23N5O6. The van der Waals surface area contributed by atoms with Gasteiger partial charge in [-0.05, 0) is 25.8 Å². The molecule has 2 fully saturated rings. The minimum absolute atomic E-state index is 0.0285. The normalized spacial score (nSPS) is 18.2. The smallest absolute Gasteiger partial charge is 0.410 e. The highest BCUT2D eigenvalue weighted by Gasteiger charge is 2.34. The summed E-state index contributed by atoms with van der Waals surface area (Å²) < 4.78 is 9.75. The molecule has 2 aliphatic rings. The highest BCUT2D eigenvalue weighted by Crippen LogP contribution is 2.20. The molecule has 3 rings (SSSR count). The number of piperidine rings is 1. The van der Waals surface area contributed by atoms with Crippen LogP contribution in [0.5, 0.6) is 0 Å². The van der Waals surface area contributed by atoms with Gasteiger partial charge in [0.2, 0.25) is 6.61 Å². The van der Waals surface area contributed by atoms with Gasteiger partial charge in [-0.25, -0.2) is 9.59 Å². The van der Waals surface area contributed by atoms with E-state index < -0.39 is 12.6 Å². The van der Waals surface area contributed by atoms with Crippen molar-refractivity contribution < 1.29 is 28.7 Å². The lowest BCUT2D eigenvalue weighted by atomic mass is 10.0. The van der Waals surface area contributed by atoms with Crippen LogP contribution in [-0.4, -0.2) is 89.2 Å². The van der Waals surface area contributed by atoms with Crippen molar-refractivity contribution in [2.75, 3.05) is 39.5 Å². The number of aromatic nitrogens is 2. The molecule has 0 bridgehead atoms. The molecule has 0 atom stereocenters. The van der Waals surface area contributed by atoms with Gasteiger partial charge in [-0.3, -0.25) is 9.89 Å². The quantitative estimate of drug-likeness (QED) is 0.396. The van der Waals surface area contributed by atoms with Gasteiger partial charge in [0, 0.05) is 25.3 Å². The first-order chi connectivity index (χ1) is 13.6. The number of rotatable bonds is 7. The molecule has 0 aromatic carbocycles. The predicted molar refractivity (Wildman–Crippen MR) is 95.4 cm³/mol. The summed E-state index contributed by atoms with van der Waals surface area (Å²) >= 11 is 0. The van der Waals surface area contributed by atoms with Gasteiger partial charge >= 0.3 is 12.1 Å². The molecule has 0 saturated carbocycles. The van der Waals surface area contributed by atoms with Gasteiger partial charge in [0.25, 0.3) is 5.91 Å². The minimum atomic E-state index is -0.569. The molecule has 28 heavy (non-hydrogen) atoms. The van der Waals surface area contributed by atoms with Crippen LogP contribution in [0.1, 0.15) is 25.5 Å². The molecule has 152 valence electrons. The van der Waals surface area contributed by atoms with E-state index in [2.05, 4.69) is 15.4 Å². The Kier molecular flexibility index (Phi) is 6.45. The van der Waals surface area contributed by atoms with Crippen LogP contribution in [0, 0.1) is 0 Å². The number of likely N-dealkylation sites (tertiary alicyclic amines) is 1. The first-order valence-corrected chi connectivity index (χ1v) is 9.18. The van der Waals surface area contributed by atoms with Crippen molar-refractivity contribution in [2.45, 2.75) is 25.8 Å². The Morgan fingerprint density at radius 2 is 2.14 bits per heavy atom. The van der Waals surface area contributed by atoms with Crippen LogP contribution in [-0.2, 0) is 23.9 Å². The molecule has 1 aromatic heterocycles. The standard InChI is InChI=1S/C17H23N5O6/c1-2-26-14(23)11-28-20-15(13-3-6-18-19-13)16(24)21-7-4-12(5-8-21)22-9-10-27-17(22)25/h3,6,12H,2,4-5,7-11H2,1H3,(H,18,19)/b20-15+. The van der Waals surface area contributed by atoms with Crippen molar-refractivity contribution in [3.63, 3.8) is 0 Å². The fourth-order valence-corrected chi connectivity index (χ4v) is 3.21. The second-order valence-electron chi connectivity index (χ2n) is 6.32. The number of esters is 1. The van der Waals surface area contributed by atoms with Gasteiger partial charge in [0.1, 0.15) is 6.61 Å². The van der Waals surface area contributed by atoms with Crippen LogP contribution in [0.3, 0.4) is 0 Å². The number of aromatic amines is 1. The Bertz CT molecular complexity index is 726. The van der Waals surface area contributed by atoms with Crippen molar-refractivity contribution in [1.82, 2.24) is 20.0 Å². The fraction of sp³-hybridized carbons (Fsp3) is 0.588. The zero-order valence-corrected chi connectivity index (χ0v) is 15.6. The first-order valence-electron chi connectivity index (χ1n) is 9.18. The third-order valence-electron chi connectivity index (χ3n) is 4.59. The monoisotopic (exact) mass is 393 g/mol. The van der Waals surface area contributed by atoms with E-state index in [1.807, 2.05) is 0 Å². The summed E-state index contributed by atoms with van der Waals surface area (Å²) in [5, 5.41) is 10.4. The highest BCUT2D eigenvalue weighted by atomic mass is 16.7. The Balaban J connectivity index is 1.62. The lowest BCUT2D eigenvalue weighted by molar-refractivity contribution is -0.148. The van der Waals surface area contributed by atoms with Gasteiger partial charge in [-0.2, -0.15) is 5.10 Å². The van der Waals surface area contributed by atoms with Gasteiger partial charge in [-0.15, -0.1) is 0 Å². The number of ether oxygens (including phenoxy) is 2. The largest absolute Gasteiger partial charge is 0.463 e. The predicted octanol–water partition coefficient (Wildman–Crippen LogP) is 0.137. The molecule has 0 unspecified atom stereocenters. The number of cyclic esters (lactones) is 1. The second kappa shape index (κ2) is 9.20. The average molecular weight is 393 g/mol. The molecule has 0 radical (unpaired) electrons. The van der Waals surface area contributed by atoms with Crippen LogP contribution in [0.4, 0.5) is 4.79 Å². The van der Waals surface area contributed by atoms with Gasteiger partial charge in [0.05, 0.1) is 18.8 Å². The van der Waals surface area contributed by atoms with E-state index in [1.165, 1.54) is 6.20 Å². The molecule has 3 heterocycles. The van der Waals surface area contributed by atoms with Crippen LogP contribution in [0.2, 0.25) is 0 Å². The number of carbonyl (C=O) groups excluding carboxylic acids is 3. The van der Waals surface area contributed by atoms with Crippen LogP contribution in [0.25, 0.3) is 0 Å². The van der Waals surface area contributed by atoms with Crippen molar-refractivity contribution in [3.8, 4) is 0 Å². The summed E-state index contributed by atoms with van der Waals surface area (Å²) in [6, 6.07) is 1.66. The van der Waals surface area contributed by atoms with E-state index in [9.17, 15) is 14.4 Å². The molecular weight excluding hydrogens is 370 g/mol. The third-order valence-corrected chi connectivity index (χ3v) is 4.59. The fourth-order valence-electron chi connectivity index (χ4n) is 3.21. The number of carbonyl (C=O) groups is 3. The summed E-state index contributed by atoms with van der Waals surface area (Å²) in [5.74, 6) is -0.906. The average Bonchev–Trinajstić information content (AvgIpc) is 3.37. The summed E-state index contributed by atoms with van der Waals surface area (Å²) in [4.78, 5) is 44.4. The van der Waals surface area contributed by atoms with E-state index in [0.29, 0.717) is 44.8 Å². The van der Waals surface area contributed by atoms with Crippen LogP contribution >= 0.6 is 0 Å². The Morgan fingerprint density at radius 1 is 1.36 bits per heavy atom. The molecule has 1 aromatic rings. The maximum absolute atomic E-state index is 12.9. The van der Waals surface area contributed by atoms with Gasteiger partial charge in [-0.1, -0.05) is 5.16 Å². The van der Waals surface area contributed by atoms with E-state index in [1.54, 1.807) is 22.8 Å². The summed E-state index contributed by atoms with van der Waals surface area (Å²) in [6.45, 7) is 3.46. The lowest BCUT2D eigenvalue weighted by Gasteiger charge is -2.35. The van der Waals surface area contributed by atoms with Crippen molar-refractivity contribution in [1.29, 1.82) is 0 Å². The number of hydrogen-bond donors (Lipinski definition) is 1. The zero-order valence-electron chi connectivity index (χ0n) is 15.6. The number of nitrogens with one attached hydrogen (secondary N) is 1. The minimum Gasteiger partial charge on any atom is -0.463 e. The Hall–Kier alpha value is -3.11. The number of H-pyrrole nitrogens is 1. The van der Waals surface area contributed by atoms with Crippen molar-refractivity contribution in [2.24, 2.45) is 5.16 Å². The van der Waals surface area contributed by atoms with Crippen molar-refractivity contribution in [3.05, 3.63) is 18.0 Å². The first kappa shape index (κ1) is 19.6. The summed E-state index contributed by atoms with van der Waals surface area (Å²) in [5.41, 5.74) is 0.417. The molecule has 0 aliphatic carbocycles. The Morgan fingerprint density at radius 3 is 2.75 bits per heavy atom. The Labute approximate surface area is 161 Å². The maximum atomic E-state index is 12.9. The number of oxime groups is 1. The summed E-state index contributed by atoms with van der Waals surface area (Å²) in [6.07, 6.45) is 2.51. The van der Waals surface area contributed by atoms with E-state index in [4.69, 9.17) is 14.3 Å². The third kappa shape index (κ3) is 4.59. The number of amides is 2. The molecule has 11 nitrogen and oxygen atoms in total. The van der Waals surface area contributed by atoms with Crippen LogP contribution < -0.4 is 0 Å². The van der Waals surface area contributed by atoms with E-state index in [0.717, 1.165) is 0 Å².